The quantitative estimate of drug-likeness (QED) is 0.864. The second-order valence-electron chi connectivity index (χ2n) is 4.48. The highest BCUT2D eigenvalue weighted by atomic mass is 35.5. The fourth-order valence-corrected chi connectivity index (χ4v) is 3.82. The van der Waals surface area contributed by atoms with E-state index in [-0.39, 0.29) is 0 Å². The Hall–Kier alpha value is -0.550. The topological polar surface area (TPSA) is 38.9 Å². The van der Waals surface area contributed by atoms with Crippen molar-refractivity contribution in [3.05, 3.63) is 40.4 Å². The molecule has 1 atom stereocenters. The lowest BCUT2D eigenvalue weighted by atomic mass is 10.2. The lowest BCUT2D eigenvalue weighted by Crippen LogP contribution is -2.12. The number of thioether (sulfide) groups is 1. The van der Waals surface area contributed by atoms with Crippen molar-refractivity contribution in [2.45, 2.75) is 12.7 Å². The van der Waals surface area contributed by atoms with Crippen molar-refractivity contribution < 1.29 is 0 Å². The summed E-state index contributed by atoms with van der Waals surface area (Å²) in [6.45, 7) is 2.91. The average Bonchev–Trinajstić information content (AvgIpc) is 2.87. The van der Waals surface area contributed by atoms with E-state index in [4.69, 9.17) is 17.3 Å². The summed E-state index contributed by atoms with van der Waals surface area (Å²) in [5.41, 5.74) is 7.74. The van der Waals surface area contributed by atoms with E-state index in [0.29, 0.717) is 5.92 Å². The zero-order valence-electron chi connectivity index (χ0n) is 10.8. The molecule has 1 aromatic carbocycles. The van der Waals surface area contributed by atoms with Crippen LogP contribution >= 0.6 is 34.7 Å². The molecule has 0 spiro atoms. The van der Waals surface area contributed by atoms with Crippen molar-refractivity contribution in [3.63, 3.8) is 0 Å². The summed E-state index contributed by atoms with van der Waals surface area (Å²) in [5.74, 6) is 2.58. The van der Waals surface area contributed by atoms with Gasteiger partial charge in [0.25, 0.3) is 0 Å². The lowest BCUT2D eigenvalue weighted by molar-refractivity contribution is 0.675. The Bertz CT molecular complexity index is 528. The smallest absolute Gasteiger partial charge is 0.125 e. The molecule has 0 saturated carbocycles. The van der Waals surface area contributed by atoms with Crippen LogP contribution in [-0.2, 0) is 5.75 Å². The number of benzene rings is 1. The van der Waals surface area contributed by atoms with Gasteiger partial charge in [-0.3, -0.25) is 0 Å². The monoisotopic (exact) mass is 312 g/mol. The van der Waals surface area contributed by atoms with Crippen LogP contribution in [0.5, 0.6) is 0 Å². The third-order valence-corrected chi connectivity index (χ3v) is 5.27. The highest BCUT2D eigenvalue weighted by Crippen LogP contribution is 2.31. The molecule has 2 rings (SSSR count). The standard InChI is InChI=1S/C14H17ClN2S2/c1-10(6-16)7-18-8-11-9-19-14(17-11)12-4-2-3-5-13(12)15/h2-5,9-10H,6-8,16H2,1H3. The predicted molar refractivity (Wildman–Crippen MR) is 86.9 cm³/mol. The summed E-state index contributed by atoms with van der Waals surface area (Å²) >= 11 is 9.71. The van der Waals surface area contributed by atoms with E-state index in [1.54, 1.807) is 11.3 Å². The summed E-state index contributed by atoms with van der Waals surface area (Å²) in [5, 5.41) is 3.86. The zero-order chi connectivity index (χ0) is 13.7. The van der Waals surface area contributed by atoms with Gasteiger partial charge in [0, 0.05) is 16.7 Å². The van der Waals surface area contributed by atoms with Crippen molar-refractivity contribution in [1.82, 2.24) is 4.98 Å². The summed E-state index contributed by atoms with van der Waals surface area (Å²) in [7, 11) is 0. The van der Waals surface area contributed by atoms with Crippen molar-refractivity contribution in [1.29, 1.82) is 0 Å². The van der Waals surface area contributed by atoms with E-state index in [1.807, 2.05) is 36.0 Å². The summed E-state index contributed by atoms with van der Waals surface area (Å²) < 4.78 is 0. The first-order valence-corrected chi connectivity index (χ1v) is 8.59. The number of nitrogens with zero attached hydrogens (tertiary/aromatic N) is 1. The Morgan fingerprint density at radius 1 is 1.42 bits per heavy atom. The van der Waals surface area contributed by atoms with E-state index in [2.05, 4.69) is 17.3 Å². The van der Waals surface area contributed by atoms with Gasteiger partial charge in [0.05, 0.1) is 10.7 Å². The number of hydrogen-bond acceptors (Lipinski definition) is 4. The van der Waals surface area contributed by atoms with Gasteiger partial charge in [-0.2, -0.15) is 11.8 Å². The zero-order valence-corrected chi connectivity index (χ0v) is 13.2. The molecule has 1 aromatic heterocycles. The number of hydrogen-bond donors (Lipinski definition) is 1. The van der Waals surface area contributed by atoms with E-state index in [0.717, 1.165) is 39.3 Å². The molecule has 5 heteroatoms. The fraction of sp³-hybridized carbons (Fsp3) is 0.357. The Balaban J connectivity index is 1.98. The maximum atomic E-state index is 6.18. The second kappa shape index (κ2) is 7.29. The molecule has 2 nitrogen and oxygen atoms in total. The van der Waals surface area contributed by atoms with Crippen molar-refractivity contribution in [2.24, 2.45) is 11.7 Å². The van der Waals surface area contributed by atoms with Crippen molar-refractivity contribution in [2.75, 3.05) is 12.3 Å². The highest BCUT2D eigenvalue weighted by molar-refractivity contribution is 7.98. The Kier molecular flexibility index (Phi) is 5.70. The molecule has 102 valence electrons. The summed E-state index contributed by atoms with van der Waals surface area (Å²) in [6.07, 6.45) is 0. The van der Waals surface area contributed by atoms with Crippen LogP contribution in [0.2, 0.25) is 5.02 Å². The molecule has 1 heterocycles. The van der Waals surface area contributed by atoms with Crippen LogP contribution in [0.15, 0.2) is 29.6 Å². The first-order chi connectivity index (χ1) is 9.20. The van der Waals surface area contributed by atoms with Crippen LogP contribution in [-0.4, -0.2) is 17.3 Å². The van der Waals surface area contributed by atoms with Crippen molar-refractivity contribution >= 4 is 34.7 Å². The first kappa shape index (κ1) is 14.9. The minimum Gasteiger partial charge on any atom is -0.330 e. The average molecular weight is 313 g/mol. The maximum Gasteiger partial charge on any atom is 0.125 e. The molecule has 19 heavy (non-hydrogen) atoms. The van der Waals surface area contributed by atoms with E-state index in [9.17, 15) is 0 Å². The Morgan fingerprint density at radius 2 is 2.21 bits per heavy atom. The van der Waals surface area contributed by atoms with E-state index < -0.39 is 0 Å². The number of rotatable bonds is 6. The van der Waals surface area contributed by atoms with Gasteiger partial charge in [0.1, 0.15) is 5.01 Å². The molecule has 0 amide bonds. The van der Waals surface area contributed by atoms with Crippen LogP contribution in [0.4, 0.5) is 0 Å². The molecule has 0 aliphatic rings. The first-order valence-electron chi connectivity index (χ1n) is 6.18. The minimum absolute atomic E-state index is 0.562. The molecular weight excluding hydrogens is 296 g/mol. The highest BCUT2D eigenvalue weighted by Gasteiger charge is 2.08. The number of aromatic nitrogens is 1. The molecule has 1 unspecified atom stereocenters. The molecule has 0 aliphatic heterocycles. The van der Waals surface area contributed by atoms with Gasteiger partial charge in [-0.05, 0) is 24.3 Å². The van der Waals surface area contributed by atoms with Crippen LogP contribution in [0, 0.1) is 5.92 Å². The summed E-state index contributed by atoms with van der Waals surface area (Å²) in [4.78, 5) is 4.65. The third-order valence-electron chi connectivity index (χ3n) is 2.71. The number of halogens is 1. The SMILES string of the molecule is CC(CN)CSCc1csc(-c2ccccc2Cl)n1. The van der Waals surface area contributed by atoms with Crippen LogP contribution in [0.3, 0.4) is 0 Å². The van der Waals surface area contributed by atoms with Crippen LogP contribution in [0.1, 0.15) is 12.6 Å². The largest absolute Gasteiger partial charge is 0.330 e. The lowest BCUT2D eigenvalue weighted by Gasteiger charge is -2.06. The van der Waals surface area contributed by atoms with Gasteiger partial charge < -0.3 is 5.73 Å². The molecule has 2 N–H and O–H groups in total. The molecule has 0 fully saturated rings. The number of nitrogens with two attached hydrogens (primary N) is 1. The van der Waals surface area contributed by atoms with Gasteiger partial charge in [0.15, 0.2) is 0 Å². The molecule has 2 aromatic rings. The van der Waals surface area contributed by atoms with Gasteiger partial charge >= 0.3 is 0 Å². The fourth-order valence-electron chi connectivity index (χ4n) is 1.56. The van der Waals surface area contributed by atoms with Gasteiger partial charge in [0.2, 0.25) is 0 Å². The molecule has 0 radical (unpaired) electrons. The molecular formula is C14H17ClN2S2. The van der Waals surface area contributed by atoms with Gasteiger partial charge in [-0.15, -0.1) is 11.3 Å². The molecule has 0 saturated heterocycles. The van der Waals surface area contributed by atoms with Crippen LogP contribution in [0.25, 0.3) is 10.6 Å². The van der Waals surface area contributed by atoms with Crippen LogP contribution < -0.4 is 5.73 Å². The number of thiazole rings is 1. The molecule has 0 bridgehead atoms. The van der Waals surface area contributed by atoms with Crippen molar-refractivity contribution in [3.8, 4) is 10.6 Å². The Labute approximate surface area is 127 Å². The summed E-state index contributed by atoms with van der Waals surface area (Å²) in [6, 6.07) is 7.83. The molecule has 0 aliphatic carbocycles. The third kappa shape index (κ3) is 4.21. The van der Waals surface area contributed by atoms with Gasteiger partial charge in [-0.1, -0.05) is 36.7 Å². The van der Waals surface area contributed by atoms with E-state index >= 15 is 0 Å². The second-order valence-corrected chi connectivity index (χ2v) is 6.78. The minimum atomic E-state index is 0.562. The predicted octanol–water partition coefficient (Wildman–Crippen LogP) is 4.29. The normalized spacial score (nSPS) is 12.6. The van der Waals surface area contributed by atoms with Gasteiger partial charge in [-0.25, -0.2) is 4.98 Å². The Morgan fingerprint density at radius 3 is 2.95 bits per heavy atom. The maximum absolute atomic E-state index is 6.18. The van der Waals surface area contributed by atoms with E-state index in [1.165, 1.54) is 0 Å².